The highest BCUT2D eigenvalue weighted by atomic mass is 16.5. The number of nitrogens with zero attached hydrogens (tertiary/aromatic N) is 4. The van der Waals surface area contributed by atoms with Crippen molar-refractivity contribution in [2.75, 3.05) is 44.6 Å². The maximum Gasteiger partial charge on any atom is 0.257 e. The predicted octanol–water partition coefficient (Wildman–Crippen LogP) is 0.840. The van der Waals surface area contributed by atoms with E-state index in [1.807, 2.05) is 18.7 Å². The van der Waals surface area contributed by atoms with Crippen molar-refractivity contribution >= 4 is 11.7 Å². The zero-order valence-corrected chi connectivity index (χ0v) is 13.6. The molecular formula is C15H25N5O2. The number of hydrogen-bond acceptors (Lipinski definition) is 6. The normalized spacial score (nSPS) is 15.9. The number of carbonyl (C=O) groups excluding carboxylic acids is 1. The third-order valence-electron chi connectivity index (χ3n) is 3.55. The number of aromatic nitrogens is 2. The molecule has 1 N–H and O–H groups in total. The molecular weight excluding hydrogens is 282 g/mol. The first-order valence-electron chi connectivity index (χ1n) is 7.75. The van der Waals surface area contributed by atoms with Gasteiger partial charge in [-0.1, -0.05) is 0 Å². The lowest BCUT2D eigenvalue weighted by Gasteiger charge is -2.34. The van der Waals surface area contributed by atoms with E-state index >= 15 is 0 Å². The number of anilines is 1. The maximum absolute atomic E-state index is 11.3. The van der Waals surface area contributed by atoms with E-state index in [4.69, 9.17) is 4.74 Å². The fourth-order valence-corrected chi connectivity index (χ4v) is 2.37. The number of piperazine rings is 1. The highest BCUT2D eigenvalue weighted by molar-refractivity contribution is 5.73. The van der Waals surface area contributed by atoms with Crippen LogP contribution in [0.15, 0.2) is 12.4 Å². The van der Waals surface area contributed by atoms with Crippen molar-refractivity contribution in [2.24, 2.45) is 0 Å². The van der Waals surface area contributed by atoms with Crippen LogP contribution in [-0.4, -0.2) is 71.0 Å². The Labute approximate surface area is 131 Å². The minimum absolute atomic E-state index is 0.0666. The minimum atomic E-state index is 0.0666. The molecule has 0 aliphatic carbocycles. The van der Waals surface area contributed by atoms with Crippen molar-refractivity contribution in [1.29, 1.82) is 0 Å². The third kappa shape index (κ3) is 4.84. The van der Waals surface area contributed by atoms with Crippen LogP contribution < -0.4 is 10.1 Å². The summed E-state index contributed by atoms with van der Waals surface area (Å²) >= 11 is 0. The first-order chi connectivity index (χ1) is 10.6. The van der Waals surface area contributed by atoms with E-state index < -0.39 is 0 Å². The Hall–Kier alpha value is -1.89. The van der Waals surface area contributed by atoms with Crippen molar-refractivity contribution in [1.82, 2.24) is 19.8 Å². The highest BCUT2D eigenvalue weighted by Gasteiger charge is 2.18. The summed E-state index contributed by atoms with van der Waals surface area (Å²) in [6.07, 6.45) is 3.35. The number of nitrogens with one attached hydrogen (secondary N) is 1. The van der Waals surface area contributed by atoms with Gasteiger partial charge < -0.3 is 15.0 Å². The Morgan fingerprint density at radius 3 is 2.59 bits per heavy atom. The van der Waals surface area contributed by atoms with E-state index in [1.54, 1.807) is 19.3 Å². The van der Waals surface area contributed by atoms with E-state index in [2.05, 4.69) is 20.2 Å². The molecule has 122 valence electrons. The summed E-state index contributed by atoms with van der Waals surface area (Å²) in [5.74, 6) is 1.38. The van der Waals surface area contributed by atoms with Crippen LogP contribution >= 0.6 is 0 Å². The van der Waals surface area contributed by atoms with Gasteiger partial charge in [-0.15, -0.1) is 0 Å². The van der Waals surface area contributed by atoms with Gasteiger partial charge in [0.15, 0.2) is 5.82 Å². The summed E-state index contributed by atoms with van der Waals surface area (Å²) in [7, 11) is 0. The molecule has 1 aliphatic rings. The smallest absolute Gasteiger partial charge is 0.257 e. The van der Waals surface area contributed by atoms with E-state index in [0.717, 1.165) is 39.3 Å². The minimum Gasteiger partial charge on any atom is -0.472 e. The van der Waals surface area contributed by atoms with Crippen molar-refractivity contribution in [2.45, 2.75) is 26.9 Å². The Bertz CT molecular complexity index is 487. The zero-order valence-electron chi connectivity index (χ0n) is 13.6. The molecule has 0 radical (unpaired) electrons. The van der Waals surface area contributed by atoms with Crippen LogP contribution in [0, 0.1) is 0 Å². The van der Waals surface area contributed by atoms with Gasteiger partial charge in [0, 0.05) is 58.6 Å². The van der Waals surface area contributed by atoms with E-state index in [0.29, 0.717) is 11.7 Å². The molecule has 1 aromatic rings. The summed E-state index contributed by atoms with van der Waals surface area (Å²) in [6.45, 7) is 10.7. The Morgan fingerprint density at radius 1 is 1.27 bits per heavy atom. The molecule has 2 heterocycles. The maximum atomic E-state index is 11.3. The molecule has 0 aromatic carbocycles. The summed E-state index contributed by atoms with van der Waals surface area (Å²) in [6, 6.07) is 0. The number of carbonyl (C=O) groups is 1. The first kappa shape index (κ1) is 16.5. The van der Waals surface area contributed by atoms with Gasteiger partial charge in [0.1, 0.15) is 0 Å². The van der Waals surface area contributed by atoms with Crippen LogP contribution in [0.4, 0.5) is 5.82 Å². The average molecular weight is 307 g/mol. The Kier molecular flexibility index (Phi) is 5.94. The van der Waals surface area contributed by atoms with Gasteiger partial charge in [-0.05, 0) is 13.8 Å². The fraction of sp³-hybridized carbons (Fsp3) is 0.667. The standard InChI is InChI=1S/C15H25N5O2/c1-12(2)22-15-14(16-4-5-18-15)17-6-7-19-8-10-20(11-9-19)13(3)21/h4-5,12H,6-11H2,1-3H3,(H,16,17). The molecule has 0 atom stereocenters. The highest BCUT2D eigenvalue weighted by Crippen LogP contribution is 2.18. The van der Waals surface area contributed by atoms with Crippen molar-refractivity contribution in [3.63, 3.8) is 0 Å². The number of rotatable bonds is 6. The number of amides is 1. The summed E-state index contributed by atoms with van der Waals surface area (Å²) < 4.78 is 5.63. The van der Waals surface area contributed by atoms with Gasteiger partial charge in [0.25, 0.3) is 5.88 Å². The lowest BCUT2D eigenvalue weighted by molar-refractivity contribution is -0.130. The lowest BCUT2D eigenvalue weighted by atomic mass is 10.3. The SMILES string of the molecule is CC(=O)N1CCN(CCNc2nccnc2OC(C)C)CC1. The zero-order chi connectivity index (χ0) is 15.9. The molecule has 1 saturated heterocycles. The Morgan fingerprint density at radius 2 is 1.95 bits per heavy atom. The summed E-state index contributed by atoms with van der Waals surface area (Å²) in [5.41, 5.74) is 0. The lowest BCUT2D eigenvalue weighted by Crippen LogP contribution is -2.49. The van der Waals surface area contributed by atoms with Crippen molar-refractivity contribution in [3.8, 4) is 5.88 Å². The van der Waals surface area contributed by atoms with Gasteiger partial charge >= 0.3 is 0 Å². The van der Waals surface area contributed by atoms with Gasteiger partial charge in [-0.3, -0.25) is 9.69 Å². The first-order valence-corrected chi connectivity index (χ1v) is 7.75. The molecule has 7 heteroatoms. The fourth-order valence-electron chi connectivity index (χ4n) is 2.37. The molecule has 22 heavy (non-hydrogen) atoms. The second-order valence-electron chi connectivity index (χ2n) is 5.65. The predicted molar refractivity (Wildman–Crippen MR) is 85.0 cm³/mol. The third-order valence-corrected chi connectivity index (χ3v) is 3.55. The van der Waals surface area contributed by atoms with Crippen LogP contribution in [0.1, 0.15) is 20.8 Å². The molecule has 0 spiro atoms. The quantitative estimate of drug-likeness (QED) is 0.840. The van der Waals surface area contributed by atoms with Crippen LogP contribution in [-0.2, 0) is 4.79 Å². The second-order valence-corrected chi connectivity index (χ2v) is 5.65. The van der Waals surface area contributed by atoms with Gasteiger partial charge in [0.2, 0.25) is 5.91 Å². The Balaban J connectivity index is 1.76. The summed E-state index contributed by atoms with van der Waals surface area (Å²) in [5, 5.41) is 3.28. The summed E-state index contributed by atoms with van der Waals surface area (Å²) in [4.78, 5) is 24.0. The van der Waals surface area contributed by atoms with Crippen molar-refractivity contribution in [3.05, 3.63) is 12.4 Å². The van der Waals surface area contributed by atoms with Crippen molar-refractivity contribution < 1.29 is 9.53 Å². The molecule has 2 rings (SSSR count). The van der Waals surface area contributed by atoms with Gasteiger partial charge in [0.05, 0.1) is 6.10 Å². The monoisotopic (exact) mass is 307 g/mol. The molecule has 0 saturated carbocycles. The topological polar surface area (TPSA) is 70.6 Å². The van der Waals surface area contributed by atoms with Gasteiger partial charge in [-0.25, -0.2) is 9.97 Å². The van der Waals surface area contributed by atoms with Crippen LogP contribution in [0.3, 0.4) is 0 Å². The van der Waals surface area contributed by atoms with Crippen LogP contribution in [0.2, 0.25) is 0 Å². The number of hydrogen-bond donors (Lipinski definition) is 1. The van der Waals surface area contributed by atoms with E-state index in [9.17, 15) is 4.79 Å². The second kappa shape index (κ2) is 7.93. The molecule has 1 amide bonds. The number of ether oxygens (including phenoxy) is 1. The van der Waals surface area contributed by atoms with Crippen LogP contribution in [0.5, 0.6) is 5.88 Å². The molecule has 1 aliphatic heterocycles. The molecule has 0 bridgehead atoms. The van der Waals surface area contributed by atoms with Crippen LogP contribution in [0.25, 0.3) is 0 Å². The molecule has 1 fully saturated rings. The average Bonchev–Trinajstić information content (AvgIpc) is 2.49. The largest absolute Gasteiger partial charge is 0.472 e. The molecule has 0 unspecified atom stereocenters. The van der Waals surface area contributed by atoms with E-state index in [-0.39, 0.29) is 12.0 Å². The molecule has 1 aromatic heterocycles. The van der Waals surface area contributed by atoms with Gasteiger partial charge in [-0.2, -0.15) is 0 Å². The molecule has 7 nitrogen and oxygen atoms in total. The van der Waals surface area contributed by atoms with E-state index in [1.165, 1.54) is 0 Å².